The molecule has 25 heavy (non-hydrogen) atoms. The van der Waals surface area contributed by atoms with Gasteiger partial charge in [0.1, 0.15) is 11.4 Å². The van der Waals surface area contributed by atoms with E-state index in [1.807, 2.05) is 45.0 Å². The maximum atomic E-state index is 11.8. The Morgan fingerprint density at radius 3 is 2.28 bits per heavy atom. The molecule has 2 N–H and O–H groups in total. The van der Waals surface area contributed by atoms with E-state index in [4.69, 9.17) is 9.47 Å². The quantitative estimate of drug-likeness (QED) is 0.686. The lowest BCUT2D eigenvalue weighted by Gasteiger charge is -2.23. The van der Waals surface area contributed by atoms with E-state index in [0.29, 0.717) is 5.92 Å². The number of benzene rings is 1. The van der Waals surface area contributed by atoms with E-state index >= 15 is 0 Å². The predicted molar refractivity (Wildman–Crippen MR) is 103 cm³/mol. The Balaban J connectivity index is 2.49. The second-order valence-electron chi connectivity index (χ2n) is 7.42. The van der Waals surface area contributed by atoms with Crippen LogP contribution >= 0.6 is 0 Å². The van der Waals surface area contributed by atoms with Gasteiger partial charge in [-0.3, -0.25) is 5.32 Å². The average molecular weight is 348 g/mol. The van der Waals surface area contributed by atoms with Crippen molar-refractivity contribution in [1.29, 1.82) is 0 Å². The van der Waals surface area contributed by atoms with Crippen molar-refractivity contribution in [3.8, 4) is 0 Å². The monoisotopic (exact) mass is 348 g/mol. The summed E-state index contributed by atoms with van der Waals surface area (Å²) in [6.07, 6.45) is 0.437. The van der Waals surface area contributed by atoms with Crippen molar-refractivity contribution < 1.29 is 14.3 Å². The highest BCUT2D eigenvalue weighted by Gasteiger charge is 2.17. The highest BCUT2D eigenvalue weighted by atomic mass is 16.6. The van der Waals surface area contributed by atoms with Crippen LogP contribution in [0.1, 0.15) is 40.2 Å². The topological polar surface area (TPSA) is 59.6 Å². The molecule has 5 heteroatoms. The van der Waals surface area contributed by atoms with Gasteiger partial charge in [0.15, 0.2) is 0 Å². The second-order valence-corrected chi connectivity index (χ2v) is 7.42. The minimum Gasteiger partial charge on any atom is -0.500 e. The van der Waals surface area contributed by atoms with Crippen LogP contribution in [0.5, 0.6) is 0 Å². The fraction of sp³-hybridized carbons (Fsp3) is 0.550. The van der Waals surface area contributed by atoms with E-state index in [9.17, 15) is 4.79 Å². The molecule has 0 aliphatic rings. The van der Waals surface area contributed by atoms with Gasteiger partial charge < -0.3 is 14.8 Å². The van der Waals surface area contributed by atoms with Crippen molar-refractivity contribution in [2.45, 2.75) is 52.7 Å². The van der Waals surface area contributed by atoms with Crippen LogP contribution in [-0.4, -0.2) is 31.4 Å². The number of methoxy groups -OCH3 is 1. The summed E-state index contributed by atoms with van der Waals surface area (Å²) in [5.41, 5.74) is 1.40. The van der Waals surface area contributed by atoms with Gasteiger partial charge in [0.25, 0.3) is 0 Å². The van der Waals surface area contributed by atoms with E-state index in [2.05, 4.69) is 31.1 Å². The molecule has 0 bridgehead atoms. The van der Waals surface area contributed by atoms with Gasteiger partial charge in [0.2, 0.25) is 0 Å². The van der Waals surface area contributed by atoms with Crippen molar-refractivity contribution in [1.82, 2.24) is 5.32 Å². The molecule has 0 aliphatic carbocycles. The molecule has 0 fully saturated rings. The third kappa shape index (κ3) is 8.07. The number of nitrogens with one attached hydrogen (secondary N) is 2. The van der Waals surface area contributed by atoms with Gasteiger partial charge in [-0.2, -0.15) is 0 Å². The fourth-order valence-corrected chi connectivity index (χ4v) is 2.40. The third-order valence-electron chi connectivity index (χ3n) is 3.65. The maximum absolute atomic E-state index is 11.8. The summed E-state index contributed by atoms with van der Waals surface area (Å²) in [5.74, 6) is 1.17. The van der Waals surface area contributed by atoms with E-state index < -0.39 is 11.7 Å². The SMILES string of the molecule is C=C(OC)C(NCCc1ccc(NC(=O)OC(C)(C)C)cc1)C(C)C. The Morgan fingerprint density at radius 1 is 1.20 bits per heavy atom. The van der Waals surface area contributed by atoms with Gasteiger partial charge in [-0.1, -0.05) is 32.6 Å². The van der Waals surface area contributed by atoms with Crippen LogP contribution in [0.3, 0.4) is 0 Å². The Morgan fingerprint density at radius 2 is 1.80 bits per heavy atom. The smallest absolute Gasteiger partial charge is 0.412 e. The summed E-state index contributed by atoms with van der Waals surface area (Å²) in [6.45, 7) is 14.6. The van der Waals surface area contributed by atoms with Gasteiger partial charge in [-0.15, -0.1) is 0 Å². The fourth-order valence-electron chi connectivity index (χ4n) is 2.40. The van der Waals surface area contributed by atoms with E-state index in [0.717, 1.165) is 24.4 Å². The molecule has 1 atom stereocenters. The minimum absolute atomic E-state index is 0.137. The molecule has 0 saturated carbocycles. The molecule has 0 saturated heterocycles. The second kappa shape index (κ2) is 9.47. The number of hydrogen-bond donors (Lipinski definition) is 2. The van der Waals surface area contributed by atoms with E-state index in [-0.39, 0.29) is 6.04 Å². The first-order valence-electron chi connectivity index (χ1n) is 8.67. The van der Waals surface area contributed by atoms with Crippen molar-refractivity contribution in [3.63, 3.8) is 0 Å². The highest BCUT2D eigenvalue weighted by molar-refractivity contribution is 5.84. The number of anilines is 1. The summed E-state index contributed by atoms with van der Waals surface area (Å²) in [5, 5.41) is 6.21. The Labute approximate surface area is 151 Å². The summed E-state index contributed by atoms with van der Waals surface area (Å²) in [6, 6.07) is 7.91. The van der Waals surface area contributed by atoms with E-state index in [1.54, 1.807) is 7.11 Å². The molecule has 1 amide bonds. The average Bonchev–Trinajstić information content (AvgIpc) is 2.50. The lowest BCUT2D eigenvalue weighted by Crippen LogP contribution is -2.37. The Kier molecular flexibility index (Phi) is 7.97. The first-order chi connectivity index (χ1) is 11.6. The Hall–Kier alpha value is -2.01. The van der Waals surface area contributed by atoms with Crippen molar-refractivity contribution in [2.75, 3.05) is 19.0 Å². The molecule has 1 rings (SSSR count). The van der Waals surface area contributed by atoms with Crippen molar-refractivity contribution >= 4 is 11.8 Å². The molecule has 0 heterocycles. The first-order valence-corrected chi connectivity index (χ1v) is 8.67. The Bertz CT molecular complexity index is 559. The molecule has 1 aromatic carbocycles. The number of carbonyl (C=O) groups is 1. The summed E-state index contributed by atoms with van der Waals surface area (Å²) >= 11 is 0. The van der Waals surface area contributed by atoms with Gasteiger partial charge in [0, 0.05) is 5.69 Å². The number of rotatable bonds is 8. The van der Waals surface area contributed by atoms with Crippen LogP contribution in [0, 0.1) is 5.92 Å². The zero-order chi connectivity index (χ0) is 19.0. The molecule has 0 radical (unpaired) electrons. The third-order valence-corrected chi connectivity index (χ3v) is 3.65. The maximum Gasteiger partial charge on any atom is 0.412 e. The zero-order valence-electron chi connectivity index (χ0n) is 16.3. The van der Waals surface area contributed by atoms with Crippen LogP contribution in [0.4, 0.5) is 10.5 Å². The molecule has 1 unspecified atom stereocenters. The van der Waals surface area contributed by atoms with Crippen molar-refractivity contribution in [3.05, 3.63) is 42.2 Å². The molecule has 0 aromatic heterocycles. The lowest BCUT2D eigenvalue weighted by molar-refractivity contribution is 0.0636. The highest BCUT2D eigenvalue weighted by Crippen LogP contribution is 2.14. The minimum atomic E-state index is -0.505. The normalized spacial score (nSPS) is 12.6. The first kappa shape index (κ1) is 21.0. The van der Waals surface area contributed by atoms with Gasteiger partial charge in [0.05, 0.1) is 13.2 Å². The molecule has 140 valence electrons. The van der Waals surface area contributed by atoms with Crippen molar-refractivity contribution in [2.24, 2.45) is 5.92 Å². The molecule has 1 aromatic rings. The largest absolute Gasteiger partial charge is 0.500 e. The lowest BCUT2D eigenvalue weighted by atomic mass is 10.0. The predicted octanol–water partition coefficient (Wildman–Crippen LogP) is 4.35. The molecular formula is C20H32N2O3. The van der Waals surface area contributed by atoms with Crippen LogP contribution in [0.2, 0.25) is 0 Å². The number of amides is 1. The van der Waals surface area contributed by atoms with Crippen LogP contribution in [-0.2, 0) is 15.9 Å². The van der Waals surface area contributed by atoms with Gasteiger partial charge >= 0.3 is 6.09 Å². The van der Waals surface area contributed by atoms with Crippen LogP contribution in [0.25, 0.3) is 0 Å². The zero-order valence-corrected chi connectivity index (χ0v) is 16.3. The van der Waals surface area contributed by atoms with Crippen LogP contribution < -0.4 is 10.6 Å². The molecule has 0 spiro atoms. The number of carbonyl (C=O) groups excluding carboxylic acids is 1. The van der Waals surface area contributed by atoms with Gasteiger partial charge in [-0.05, 0) is 57.4 Å². The molecule has 0 aliphatic heterocycles. The summed E-state index contributed by atoms with van der Waals surface area (Å²) < 4.78 is 10.5. The molecular weight excluding hydrogens is 316 g/mol. The van der Waals surface area contributed by atoms with Gasteiger partial charge in [-0.25, -0.2) is 4.79 Å². The standard InChI is InChI=1S/C20H32N2O3/c1-14(2)18(15(3)24-7)21-13-12-16-8-10-17(11-9-16)22-19(23)25-20(4,5)6/h8-11,14,18,21H,3,12-13H2,1-2,4-7H3,(H,22,23). The summed E-state index contributed by atoms with van der Waals surface area (Å²) in [4.78, 5) is 11.8. The molecule has 5 nitrogen and oxygen atoms in total. The van der Waals surface area contributed by atoms with E-state index in [1.165, 1.54) is 5.56 Å². The summed E-state index contributed by atoms with van der Waals surface area (Å²) in [7, 11) is 1.65. The number of hydrogen-bond acceptors (Lipinski definition) is 4. The van der Waals surface area contributed by atoms with Crippen LogP contribution in [0.15, 0.2) is 36.6 Å². The number of ether oxygens (including phenoxy) is 2.